The van der Waals surface area contributed by atoms with Crippen LogP contribution < -0.4 is 10.5 Å². The van der Waals surface area contributed by atoms with Crippen molar-refractivity contribution in [2.24, 2.45) is 5.73 Å². The van der Waals surface area contributed by atoms with E-state index in [0.717, 1.165) is 10.0 Å². The molecule has 1 atom stereocenters. The van der Waals surface area contributed by atoms with Crippen LogP contribution in [0.25, 0.3) is 0 Å². The lowest BCUT2D eigenvalue weighted by Crippen LogP contribution is -2.06. The molecule has 0 bridgehead atoms. The zero-order valence-electron chi connectivity index (χ0n) is 10.2. The Labute approximate surface area is 128 Å². The van der Waals surface area contributed by atoms with E-state index in [1.54, 1.807) is 12.1 Å². The highest BCUT2D eigenvalue weighted by Gasteiger charge is 2.10. The maximum atomic E-state index is 13.4. The summed E-state index contributed by atoms with van der Waals surface area (Å²) in [5, 5.41) is 0. The lowest BCUT2D eigenvalue weighted by Gasteiger charge is -2.14. The highest BCUT2D eigenvalue weighted by molar-refractivity contribution is 9.10. The first-order valence-corrected chi connectivity index (χ1v) is 7.24. The van der Waals surface area contributed by atoms with Crippen molar-refractivity contribution in [1.29, 1.82) is 0 Å². The molecule has 100 valence electrons. The van der Waals surface area contributed by atoms with Gasteiger partial charge in [0.25, 0.3) is 0 Å². The summed E-state index contributed by atoms with van der Waals surface area (Å²) >= 11 is 6.50. The Kier molecular flexibility index (Phi) is 4.60. The fourth-order valence-electron chi connectivity index (χ4n) is 1.64. The molecule has 2 N–H and O–H groups in total. The van der Waals surface area contributed by atoms with Gasteiger partial charge in [-0.15, -0.1) is 0 Å². The van der Waals surface area contributed by atoms with Gasteiger partial charge in [0, 0.05) is 22.1 Å². The van der Waals surface area contributed by atoms with Crippen LogP contribution in [0.15, 0.2) is 45.3 Å². The van der Waals surface area contributed by atoms with Gasteiger partial charge in [-0.25, -0.2) is 4.39 Å². The highest BCUT2D eigenvalue weighted by Crippen LogP contribution is 2.32. The zero-order valence-corrected chi connectivity index (χ0v) is 13.3. The Morgan fingerprint density at radius 3 is 2.53 bits per heavy atom. The van der Waals surface area contributed by atoms with Crippen molar-refractivity contribution in [2.45, 2.75) is 13.0 Å². The molecule has 2 aromatic carbocycles. The molecule has 0 aliphatic carbocycles. The number of halogens is 3. The first-order chi connectivity index (χ1) is 8.97. The molecular formula is C14H12Br2FNO. The van der Waals surface area contributed by atoms with Gasteiger partial charge < -0.3 is 10.5 Å². The van der Waals surface area contributed by atoms with E-state index in [9.17, 15) is 4.39 Å². The smallest absolute Gasteiger partial charge is 0.141 e. The number of hydrogen-bond donors (Lipinski definition) is 1. The van der Waals surface area contributed by atoms with Crippen molar-refractivity contribution in [3.8, 4) is 11.5 Å². The fourth-order valence-corrected chi connectivity index (χ4v) is 2.26. The molecule has 0 radical (unpaired) electrons. The number of ether oxygens (including phenoxy) is 1. The maximum absolute atomic E-state index is 13.4. The van der Waals surface area contributed by atoms with Crippen LogP contribution in [0.3, 0.4) is 0 Å². The summed E-state index contributed by atoms with van der Waals surface area (Å²) in [5.74, 6) is 0.696. The molecule has 2 rings (SSSR count). The maximum Gasteiger partial charge on any atom is 0.141 e. The normalized spacial score (nSPS) is 12.3. The van der Waals surface area contributed by atoms with Crippen molar-refractivity contribution in [3.05, 3.63) is 56.7 Å². The second-order valence-electron chi connectivity index (χ2n) is 4.15. The summed E-state index contributed by atoms with van der Waals surface area (Å²) < 4.78 is 20.5. The van der Waals surface area contributed by atoms with Crippen molar-refractivity contribution in [3.63, 3.8) is 0 Å². The van der Waals surface area contributed by atoms with E-state index >= 15 is 0 Å². The quantitative estimate of drug-likeness (QED) is 0.787. The minimum Gasteiger partial charge on any atom is -0.457 e. The SMILES string of the molecule is CC(N)c1cc(Br)ccc1Oc1ccc(Br)c(F)c1. The third-order valence-corrected chi connectivity index (χ3v) is 3.72. The van der Waals surface area contributed by atoms with Crippen LogP contribution in [-0.2, 0) is 0 Å². The van der Waals surface area contributed by atoms with Crippen LogP contribution in [-0.4, -0.2) is 0 Å². The van der Waals surface area contributed by atoms with Gasteiger partial charge in [0.15, 0.2) is 0 Å². The topological polar surface area (TPSA) is 35.2 Å². The Morgan fingerprint density at radius 1 is 1.16 bits per heavy atom. The Morgan fingerprint density at radius 2 is 1.89 bits per heavy atom. The van der Waals surface area contributed by atoms with E-state index in [1.807, 2.05) is 25.1 Å². The molecule has 0 aliphatic rings. The monoisotopic (exact) mass is 387 g/mol. The van der Waals surface area contributed by atoms with Gasteiger partial charge in [0.05, 0.1) is 4.47 Å². The second kappa shape index (κ2) is 6.03. The van der Waals surface area contributed by atoms with E-state index in [2.05, 4.69) is 31.9 Å². The average Bonchev–Trinajstić information content (AvgIpc) is 2.36. The molecule has 0 heterocycles. The lowest BCUT2D eigenvalue weighted by atomic mass is 10.1. The van der Waals surface area contributed by atoms with Gasteiger partial charge >= 0.3 is 0 Å². The number of benzene rings is 2. The van der Waals surface area contributed by atoms with Gasteiger partial charge in [0.1, 0.15) is 17.3 Å². The minimum absolute atomic E-state index is 0.173. The molecule has 0 saturated carbocycles. The van der Waals surface area contributed by atoms with Crippen LogP contribution in [0.5, 0.6) is 11.5 Å². The Hall–Kier alpha value is -0.910. The summed E-state index contributed by atoms with van der Waals surface area (Å²) in [5.41, 5.74) is 6.77. The van der Waals surface area contributed by atoms with E-state index in [1.165, 1.54) is 6.07 Å². The first kappa shape index (κ1) is 14.5. The molecule has 0 aliphatic heterocycles. The van der Waals surface area contributed by atoms with E-state index in [4.69, 9.17) is 10.5 Å². The molecule has 0 aromatic heterocycles. The third kappa shape index (κ3) is 3.55. The number of nitrogens with two attached hydrogens (primary N) is 1. The van der Waals surface area contributed by atoms with E-state index in [-0.39, 0.29) is 11.9 Å². The van der Waals surface area contributed by atoms with Crippen LogP contribution in [0.2, 0.25) is 0 Å². The molecule has 1 unspecified atom stereocenters. The van der Waals surface area contributed by atoms with Crippen molar-refractivity contribution >= 4 is 31.9 Å². The summed E-state index contributed by atoms with van der Waals surface area (Å²) in [6, 6.07) is 10.0. The van der Waals surface area contributed by atoms with E-state index < -0.39 is 0 Å². The van der Waals surface area contributed by atoms with Crippen molar-refractivity contribution in [1.82, 2.24) is 0 Å². The molecule has 0 saturated heterocycles. The van der Waals surface area contributed by atoms with Gasteiger partial charge in [-0.05, 0) is 53.2 Å². The number of rotatable bonds is 3. The predicted molar refractivity (Wildman–Crippen MR) is 80.9 cm³/mol. The third-order valence-electron chi connectivity index (χ3n) is 2.58. The molecule has 0 spiro atoms. The molecule has 0 amide bonds. The Bertz CT molecular complexity index is 602. The van der Waals surface area contributed by atoms with Crippen LogP contribution in [0, 0.1) is 5.82 Å². The van der Waals surface area contributed by atoms with Gasteiger partial charge in [-0.3, -0.25) is 0 Å². The van der Waals surface area contributed by atoms with Gasteiger partial charge in [-0.2, -0.15) is 0 Å². The zero-order chi connectivity index (χ0) is 14.0. The molecule has 0 fully saturated rings. The molecule has 2 aromatic rings. The second-order valence-corrected chi connectivity index (χ2v) is 5.92. The molecular weight excluding hydrogens is 377 g/mol. The average molecular weight is 389 g/mol. The lowest BCUT2D eigenvalue weighted by molar-refractivity contribution is 0.466. The highest BCUT2D eigenvalue weighted by atomic mass is 79.9. The van der Waals surface area contributed by atoms with Crippen LogP contribution in [0.4, 0.5) is 4.39 Å². The largest absolute Gasteiger partial charge is 0.457 e. The standard InChI is InChI=1S/C14H12Br2FNO/c1-8(18)11-6-9(15)2-5-14(11)19-10-3-4-12(16)13(17)7-10/h2-8H,18H2,1H3. The summed E-state index contributed by atoms with van der Waals surface area (Å²) in [6.45, 7) is 1.87. The predicted octanol–water partition coefficient (Wildman–Crippen LogP) is 5.16. The summed E-state index contributed by atoms with van der Waals surface area (Å²) in [6.07, 6.45) is 0. The summed E-state index contributed by atoms with van der Waals surface area (Å²) in [4.78, 5) is 0. The molecule has 2 nitrogen and oxygen atoms in total. The fraction of sp³-hybridized carbons (Fsp3) is 0.143. The minimum atomic E-state index is -0.364. The molecule has 19 heavy (non-hydrogen) atoms. The van der Waals surface area contributed by atoms with Crippen LogP contribution in [0.1, 0.15) is 18.5 Å². The van der Waals surface area contributed by atoms with E-state index in [0.29, 0.717) is 16.0 Å². The Balaban J connectivity index is 2.35. The van der Waals surface area contributed by atoms with Gasteiger partial charge in [0.2, 0.25) is 0 Å². The van der Waals surface area contributed by atoms with Gasteiger partial charge in [-0.1, -0.05) is 15.9 Å². The van der Waals surface area contributed by atoms with Crippen LogP contribution >= 0.6 is 31.9 Å². The first-order valence-electron chi connectivity index (χ1n) is 5.65. The molecule has 5 heteroatoms. The number of hydrogen-bond acceptors (Lipinski definition) is 2. The van der Waals surface area contributed by atoms with Crippen molar-refractivity contribution in [2.75, 3.05) is 0 Å². The van der Waals surface area contributed by atoms with Crippen molar-refractivity contribution < 1.29 is 9.13 Å². The summed E-state index contributed by atoms with van der Waals surface area (Å²) in [7, 11) is 0.